The summed E-state index contributed by atoms with van der Waals surface area (Å²) in [7, 11) is 0. The van der Waals surface area contributed by atoms with Gasteiger partial charge in [-0.3, -0.25) is 9.59 Å². The van der Waals surface area contributed by atoms with E-state index in [1.807, 2.05) is 0 Å². The second-order valence-corrected chi connectivity index (χ2v) is 9.91. The van der Waals surface area contributed by atoms with Crippen molar-refractivity contribution in [1.29, 1.82) is 0 Å². The van der Waals surface area contributed by atoms with Crippen molar-refractivity contribution >= 4 is 17.6 Å². The molecule has 222 valence electrons. The number of fused-ring (bicyclic) bond motifs is 1. The Morgan fingerprint density at radius 2 is 1.72 bits per heavy atom. The van der Waals surface area contributed by atoms with Gasteiger partial charge in [0.25, 0.3) is 5.91 Å². The molecular formula is C31H25F4N3O5. The zero-order valence-corrected chi connectivity index (χ0v) is 22.5. The number of nitrogens with zero attached hydrogens (tertiary/aromatic N) is 1. The lowest BCUT2D eigenvalue weighted by molar-refractivity contribution is 0.0673. The molecule has 4 aromatic rings. The Morgan fingerprint density at radius 3 is 2.42 bits per heavy atom. The van der Waals surface area contributed by atoms with Crippen LogP contribution in [0, 0.1) is 23.3 Å². The van der Waals surface area contributed by atoms with E-state index >= 15 is 0 Å². The molecule has 0 saturated heterocycles. The first-order valence-electron chi connectivity index (χ1n) is 13.3. The molecule has 0 spiro atoms. The summed E-state index contributed by atoms with van der Waals surface area (Å²) in [6.45, 7) is -0.883. The van der Waals surface area contributed by atoms with Gasteiger partial charge < -0.3 is 25.0 Å². The monoisotopic (exact) mass is 595 g/mol. The van der Waals surface area contributed by atoms with Crippen LogP contribution in [0.3, 0.4) is 0 Å². The number of aromatic nitrogens is 1. The summed E-state index contributed by atoms with van der Waals surface area (Å²) in [4.78, 5) is 39.4. The van der Waals surface area contributed by atoms with Crippen LogP contribution in [0.1, 0.15) is 50.0 Å². The fourth-order valence-corrected chi connectivity index (χ4v) is 4.99. The third kappa shape index (κ3) is 6.22. The maximum absolute atomic E-state index is 14.5. The van der Waals surface area contributed by atoms with E-state index in [9.17, 15) is 37.1 Å². The number of anilines is 1. The zero-order valence-electron chi connectivity index (χ0n) is 22.5. The molecule has 1 amide bonds. The van der Waals surface area contributed by atoms with Gasteiger partial charge in [-0.2, -0.15) is 0 Å². The average Bonchev–Trinajstić information content (AvgIpc) is 3.20. The van der Waals surface area contributed by atoms with Gasteiger partial charge in [0.1, 0.15) is 35.4 Å². The number of aryl methyl sites for hydroxylation is 1. The first-order chi connectivity index (χ1) is 20.6. The molecule has 8 nitrogen and oxygen atoms in total. The minimum atomic E-state index is -1.50. The molecule has 2 heterocycles. The van der Waals surface area contributed by atoms with Gasteiger partial charge in [0.2, 0.25) is 5.43 Å². The van der Waals surface area contributed by atoms with E-state index in [1.54, 1.807) is 42.5 Å². The number of amides is 1. The lowest BCUT2D eigenvalue weighted by Gasteiger charge is -2.24. The molecule has 3 N–H and O–H groups in total. The van der Waals surface area contributed by atoms with Gasteiger partial charge in [-0.15, -0.1) is 0 Å². The number of aromatic carboxylic acids is 1. The number of nitrogens with one attached hydrogen (secondary N) is 2. The molecule has 12 heteroatoms. The third-order valence-corrected chi connectivity index (χ3v) is 7.15. The van der Waals surface area contributed by atoms with Crippen molar-refractivity contribution in [2.24, 2.45) is 0 Å². The highest BCUT2D eigenvalue weighted by atomic mass is 19.1. The van der Waals surface area contributed by atoms with Gasteiger partial charge in [-0.25, -0.2) is 22.4 Å². The quantitative estimate of drug-likeness (QED) is 0.241. The molecule has 43 heavy (non-hydrogen) atoms. The Balaban J connectivity index is 1.55. The van der Waals surface area contributed by atoms with Gasteiger partial charge in [0.05, 0.1) is 11.7 Å². The summed E-state index contributed by atoms with van der Waals surface area (Å²) in [6.07, 6.45) is 1.70. The normalized spacial score (nSPS) is 14.3. The van der Waals surface area contributed by atoms with Crippen molar-refractivity contribution in [2.45, 2.75) is 32.0 Å². The first kappa shape index (κ1) is 29.4. The number of ether oxygens (including phenoxy) is 1. The van der Waals surface area contributed by atoms with Crippen LogP contribution in [0.2, 0.25) is 0 Å². The standard InChI is InChI=1S/C31H25F4N3O5/c32-19-11-24(34)21(25(35)12-19)14-37-30(40)22-15-38(20-10-9-18-7-4-8-23(33)26(18)36-13-20)27(31(41)42)29(28(22)39)43-16-17-5-2-1-3-6-17/h1-8,11-12,15,20,36H,9-10,13-14,16H2,(H,37,40)(H,41,42). The number of carbonyl (C=O) groups excluding carboxylic acids is 1. The molecule has 3 aromatic carbocycles. The molecule has 1 aliphatic heterocycles. The van der Waals surface area contributed by atoms with Gasteiger partial charge in [0, 0.05) is 37.0 Å². The van der Waals surface area contributed by atoms with Crippen LogP contribution in [-0.2, 0) is 19.6 Å². The topological polar surface area (TPSA) is 110 Å². The van der Waals surface area contributed by atoms with Gasteiger partial charge >= 0.3 is 5.97 Å². The minimum absolute atomic E-state index is 0.0439. The van der Waals surface area contributed by atoms with Crippen molar-refractivity contribution in [1.82, 2.24) is 9.88 Å². The predicted octanol–water partition coefficient (Wildman–Crippen LogP) is 5.21. The van der Waals surface area contributed by atoms with E-state index in [2.05, 4.69) is 10.6 Å². The minimum Gasteiger partial charge on any atom is -0.482 e. The maximum atomic E-state index is 14.5. The van der Waals surface area contributed by atoms with Crippen LogP contribution in [0.5, 0.6) is 5.75 Å². The van der Waals surface area contributed by atoms with Crippen molar-refractivity contribution in [3.05, 3.63) is 128 Å². The number of pyridine rings is 1. The number of para-hydroxylation sites is 1. The van der Waals surface area contributed by atoms with Gasteiger partial charge in [-0.1, -0.05) is 42.5 Å². The van der Waals surface area contributed by atoms with Gasteiger partial charge in [0.15, 0.2) is 11.4 Å². The maximum Gasteiger partial charge on any atom is 0.356 e. The first-order valence-corrected chi connectivity index (χ1v) is 13.3. The number of hydrogen-bond acceptors (Lipinski definition) is 5. The summed E-state index contributed by atoms with van der Waals surface area (Å²) in [5, 5.41) is 15.5. The predicted molar refractivity (Wildman–Crippen MR) is 148 cm³/mol. The van der Waals surface area contributed by atoms with Crippen LogP contribution in [0.25, 0.3) is 0 Å². The lowest BCUT2D eigenvalue weighted by Crippen LogP contribution is -2.34. The van der Waals surface area contributed by atoms with E-state index in [4.69, 9.17) is 4.74 Å². The fourth-order valence-electron chi connectivity index (χ4n) is 4.99. The van der Waals surface area contributed by atoms with Crippen LogP contribution in [0.15, 0.2) is 71.7 Å². The average molecular weight is 596 g/mol. The Labute approximate surface area is 242 Å². The number of carbonyl (C=O) groups is 2. The highest BCUT2D eigenvalue weighted by Crippen LogP contribution is 2.31. The second kappa shape index (κ2) is 12.4. The molecule has 0 aliphatic carbocycles. The van der Waals surface area contributed by atoms with Crippen molar-refractivity contribution in [2.75, 3.05) is 11.9 Å². The largest absolute Gasteiger partial charge is 0.482 e. The smallest absolute Gasteiger partial charge is 0.356 e. The van der Waals surface area contributed by atoms with E-state index in [1.165, 1.54) is 10.6 Å². The van der Waals surface area contributed by atoms with E-state index in [0.29, 0.717) is 36.1 Å². The molecule has 5 rings (SSSR count). The highest BCUT2D eigenvalue weighted by Gasteiger charge is 2.30. The second-order valence-electron chi connectivity index (χ2n) is 9.91. The Bertz CT molecular complexity index is 1740. The summed E-state index contributed by atoms with van der Waals surface area (Å²) in [5.41, 5.74) is -1.21. The molecular weight excluding hydrogens is 570 g/mol. The lowest BCUT2D eigenvalue weighted by atomic mass is 10.0. The summed E-state index contributed by atoms with van der Waals surface area (Å²) in [5.74, 6) is -7.29. The molecule has 1 aliphatic rings. The number of rotatable bonds is 8. The summed E-state index contributed by atoms with van der Waals surface area (Å²) >= 11 is 0. The van der Waals surface area contributed by atoms with Crippen LogP contribution < -0.4 is 20.8 Å². The van der Waals surface area contributed by atoms with Crippen LogP contribution >= 0.6 is 0 Å². The Hall–Kier alpha value is -5.13. The van der Waals surface area contributed by atoms with Crippen LogP contribution in [0.4, 0.5) is 23.2 Å². The van der Waals surface area contributed by atoms with E-state index < -0.39 is 75.7 Å². The molecule has 1 aromatic heterocycles. The third-order valence-electron chi connectivity index (χ3n) is 7.15. The zero-order chi connectivity index (χ0) is 30.7. The van der Waals surface area contributed by atoms with E-state index in [0.717, 1.165) is 6.20 Å². The number of carboxylic acids is 1. The van der Waals surface area contributed by atoms with Crippen molar-refractivity contribution in [3.8, 4) is 5.75 Å². The summed E-state index contributed by atoms with van der Waals surface area (Å²) < 4.78 is 63.1. The molecule has 0 radical (unpaired) electrons. The fraction of sp³-hybridized carbons (Fsp3) is 0.194. The van der Waals surface area contributed by atoms with Crippen LogP contribution in [-0.4, -0.2) is 28.1 Å². The van der Waals surface area contributed by atoms with Crippen molar-refractivity contribution < 1.29 is 37.0 Å². The molecule has 0 fully saturated rings. The summed E-state index contributed by atoms with van der Waals surface area (Å²) in [6, 6.07) is 13.4. The van der Waals surface area contributed by atoms with E-state index in [-0.39, 0.29) is 18.8 Å². The number of halogens is 4. The molecule has 1 unspecified atom stereocenters. The molecule has 0 bridgehead atoms. The molecule has 0 saturated carbocycles. The SMILES string of the molecule is O=C(NCc1c(F)cc(F)cc1F)c1cn(C2CCc3cccc(F)c3NC2)c(C(=O)O)c(OCc2ccccc2)c1=O. The Morgan fingerprint density at radius 1 is 1.00 bits per heavy atom. The Kier molecular flexibility index (Phi) is 8.46. The van der Waals surface area contributed by atoms with Gasteiger partial charge in [-0.05, 0) is 30.0 Å². The highest BCUT2D eigenvalue weighted by molar-refractivity contribution is 5.96. The number of benzene rings is 3. The number of carboxylic acid groups (broad SMARTS) is 1. The number of hydrogen-bond donors (Lipinski definition) is 3. The molecule has 1 atom stereocenters. The van der Waals surface area contributed by atoms with Crippen molar-refractivity contribution in [3.63, 3.8) is 0 Å².